The molecule has 2 rings (SSSR count). The Labute approximate surface area is 125 Å². The van der Waals surface area contributed by atoms with Crippen LogP contribution in [0.15, 0.2) is 40.9 Å². The number of nitrogens with one attached hydrogen (secondary N) is 1. The number of amides is 1. The molecule has 0 heterocycles. The summed E-state index contributed by atoms with van der Waals surface area (Å²) in [5, 5.41) is 13.2. The number of hydrogen-bond donors (Lipinski definition) is 1. The Balaban J connectivity index is 2.34. The Morgan fingerprint density at radius 1 is 1.14 bits per heavy atom. The molecule has 1 N–H and O–H groups in total. The van der Waals surface area contributed by atoms with Crippen LogP contribution >= 0.6 is 15.9 Å². The fourth-order valence-electron chi connectivity index (χ4n) is 1.63. The minimum Gasteiger partial charge on any atom is -0.321 e. The zero-order valence-corrected chi connectivity index (χ0v) is 11.9. The first kappa shape index (κ1) is 15.0. The number of nitro groups is 1. The van der Waals surface area contributed by atoms with Gasteiger partial charge in [0.05, 0.1) is 16.7 Å². The summed E-state index contributed by atoms with van der Waals surface area (Å²) in [6.07, 6.45) is 0. The molecule has 0 radical (unpaired) electrons. The lowest BCUT2D eigenvalue weighted by Gasteiger charge is -2.08. The van der Waals surface area contributed by atoms with E-state index in [4.69, 9.17) is 0 Å². The Bertz CT molecular complexity index is 737. The largest absolute Gasteiger partial charge is 0.321 e. The van der Waals surface area contributed by atoms with Crippen LogP contribution in [0.3, 0.4) is 0 Å². The summed E-state index contributed by atoms with van der Waals surface area (Å²) in [6.45, 7) is 0. The van der Waals surface area contributed by atoms with Crippen LogP contribution in [0, 0.1) is 21.7 Å². The Morgan fingerprint density at radius 3 is 2.38 bits per heavy atom. The van der Waals surface area contributed by atoms with Crippen molar-refractivity contribution in [2.24, 2.45) is 0 Å². The van der Waals surface area contributed by atoms with Crippen LogP contribution in [0.4, 0.5) is 20.2 Å². The molecule has 0 fully saturated rings. The highest BCUT2D eigenvalue weighted by molar-refractivity contribution is 9.10. The monoisotopic (exact) mass is 356 g/mol. The van der Waals surface area contributed by atoms with Gasteiger partial charge in [-0.05, 0) is 46.3 Å². The van der Waals surface area contributed by atoms with Crippen LogP contribution in [0.1, 0.15) is 10.4 Å². The van der Waals surface area contributed by atoms with Gasteiger partial charge in [0.2, 0.25) is 0 Å². The minimum absolute atomic E-state index is 0.236. The highest BCUT2D eigenvalue weighted by Gasteiger charge is 2.21. The molecule has 0 saturated heterocycles. The molecule has 0 aromatic heterocycles. The maximum atomic E-state index is 13.0. The van der Waals surface area contributed by atoms with Crippen LogP contribution in [-0.4, -0.2) is 10.8 Å². The van der Waals surface area contributed by atoms with Crippen molar-refractivity contribution in [2.45, 2.75) is 0 Å². The van der Waals surface area contributed by atoms with Crippen molar-refractivity contribution in [2.75, 3.05) is 5.32 Å². The number of hydrogen-bond acceptors (Lipinski definition) is 3. The van der Waals surface area contributed by atoms with Crippen molar-refractivity contribution in [1.29, 1.82) is 0 Å². The molecule has 0 atom stereocenters. The number of nitro benzene ring substituents is 1. The second-order valence-electron chi connectivity index (χ2n) is 4.00. The first-order chi connectivity index (χ1) is 9.88. The van der Waals surface area contributed by atoms with Gasteiger partial charge in [-0.1, -0.05) is 0 Å². The number of carbonyl (C=O) groups excluding carboxylic acids is 1. The van der Waals surface area contributed by atoms with E-state index in [1.165, 1.54) is 6.07 Å². The molecule has 0 bridgehead atoms. The summed E-state index contributed by atoms with van der Waals surface area (Å²) in [6, 6.07) is 6.18. The third-order valence-electron chi connectivity index (χ3n) is 2.58. The van der Waals surface area contributed by atoms with E-state index in [-0.39, 0.29) is 15.7 Å². The molecular formula is C13H7BrF2N2O3. The van der Waals surface area contributed by atoms with Crippen molar-refractivity contribution in [3.05, 3.63) is 68.2 Å². The van der Waals surface area contributed by atoms with E-state index >= 15 is 0 Å². The van der Waals surface area contributed by atoms with Crippen molar-refractivity contribution in [1.82, 2.24) is 0 Å². The average molecular weight is 357 g/mol. The Kier molecular flexibility index (Phi) is 4.27. The molecule has 2 aromatic carbocycles. The van der Waals surface area contributed by atoms with E-state index in [0.29, 0.717) is 6.07 Å². The first-order valence-corrected chi connectivity index (χ1v) is 6.38. The van der Waals surface area contributed by atoms with Crippen LogP contribution < -0.4 is 5.32 Å². The molecule has 0 saturated carbocycles. The van der Waals surface area contributed by atoms with E-state index in [2.05, 4.69) is 21.2 Å². The molecule has 0 aliphatic heterocycles. The van der Waals surface area contributed by atoms with Crippen LogP contribution in [-0.2, 0) is 0 Å². The maximum Gasteiger partial charge on any atom is 0.285 e. The lowest BCUT2D eigenvalue weighted by Crippen LogP contribution is -2.14. The van der Waals surface area contributed by atoms with Gasteiger partial charge in [-0.15, -0.1) is 0 Å². The van der Waals surface area contributed by atoms with E-state index in [1.54, 1.807) is 0 Å². The van der Waals surface area contributed by atoms with Crippen molar-refractivity contribution in [3.63, 3.8) is 0 Å². The van der Waals surface area contributed by atoms with Crippen molar-refractivity contribution < 1.29 is 18.5 Å². The van der Waals surface area contributed by atoms with Crippen LogP contribution in [0.25, 0.3) is 0 Å². The topological polar surface area (TPSA) is 72.2 Å². The minimum atomic E-state index is -0.850. The summed E-state index contributed by atoms with van der Waals surface area (Å²) >= 11 is 3.06. The highest BCUT2D eigenvalue weighted by Crippen LogP contribution is 2.26. The molecule has 0 spiro atoms. The third kappa shape index (κ3) is 3.40. The number of rotatable bonds is 3. The van der Waals surface area contributed by atoms with E-state index in [9.17, 15) is 23.7 Å². The van der Waals surface area contributed by atoms with Gasteiger partial charge >= 0.3 is 0 Å². The summed E-state index contributed by atoms with van der Waals surface area (Å²) in [5.74, 6) is -2.12. The standard InChI is InChI=1S/C13H7BrF2N2O3/c14-10-5-7(15)2-4-11(10)17-13(19)9-3-1-8(16)6-12(9)18(20)21/h1-6H,(H,17,19). The lowest BCUT2D eigenvalue weighted by molar-refractivity contribution is -0.385. The molecule has 1 amide bonds. The number of nitrogens with zero attached hydrogens (tertiary/aromatic N) is 1. The van der Waals surface area contributed by atoms with Gasteiger partial charge in [-0.2, -0.15) is 0 Å². The normalized spacial score (nSPS) is 10.2. The fourth-order valence-corrected chi connectivity index (χ4v) is 2.08. The van der Waals surface area contributed by atoms with Crippen molar-refractivity contribution in [3.8, 4) is 0 Å². The zero-order chi connectivity index (χ0) is 15.6. The Hall–Kier alpha value is -2.35. The first-order valence-electron chi connectivity index (χ1n) is 5.59. The number of benzene rings is 2. The van der Waals surface area contributed by atoms with Gasteiger partial charge in [0, 0.05) is 4.47 Å². The third-order valence-corrected chi connectivity index (χ3v) is 3.24. The van der Waals surface area contributed by atoms with Gasteiger partial charge in [0.1, 0.15) is 17.2 Å². The van der Waals surface area contributed by atoms with Gasteiger partial charge in [-0.3, -0.25) is 14.9 Å². The Morgan fingerprint density at radius 2 is 1.76 bits per heavy atom. The van der Waals surface area contributed by atoms with Crippen LogP contribution in [0.5, 0.6) is 0 Å². The lowest BCUT2D eigenvalue weighted by atomic mass is 10.1. The zero-order valence-electron chi connectivity index (χ0n) is 10.3. The number of halogens is 3. The quantitative estimate of drug-likeness (QED) is 0.669. The van der Waals surface area contributed by atoms with Gasteiger partial charge in [-0.25, -0.2) is 8.78 Å². The second kappa shape index (κ2) is 5.96. The molecule has 21 heavy (non-hydrogen) atoms. The molecule has 0 aliphatic carbocycles. The fraction of sp³-hybridized carbons (Fsp3) is 0. The molecule has 108 valence electrons. The van der Waals surface area contributed by atoms with Gasteiger partial charge in [0.25, 0.3) is 11.6 Å². The molecule has 5 nitrogen and oxygen atoms in total. The smallest absolute Gasteiger partial charge is 0.285 e. The van der Waals surface area contributed by atoms with E-state index in [0.717, 1.165) is 24.3 Å². The molecular weight excluding hydrogens is 350 g/mol. The van der Waals surface area contributed by atoms with E-state index < -0.39 is 28.2 Å². The summed E-state index contributed by atoms with van der Waals surface area (Å²) in [5.41, 5.74) is -0.705. The molecule has 0 unspecified atom stereocenters. The van der Waals surface area contributed by atoms with Crippen molar-refractivity contribution >= 4 is 33.2 Å². The van der Waals surface area contributed by atoms with E-state index in [1.807, 2.05) is 0 Å². The van der Waals surface area contributed by atoms with Gasteiger partial charge in [0.15, 0.2) is 0 Å². The SMILES string of the molecule is O=C(Nc1ccc(F)cc1Br)c1ccc(F)cc1[N+](=O)[O-]. The van der Waals surface area contributed by atoms with Crippen LogP contribution in [0.2, 0.25) is 0 Å². The predicted octanol–water partition coefficient (Wildman–Crippen LogP) is 3.89. The number of anilines is 1. The maximum absolute atomic E-state index is 13.0. The molecule has 2 aromatic rings. The summed E-state index contributed by atoms with van der Waals surface area (Å²) in [4.78, 5) is 22.0. The predicted molar refractivity (Wildman–Crippen MR) is 75.1 cm³/mol. The molecule has 0 aliphatic rings. The van der Waals surface area contributed by atoms with Gasteiger partial charge < -0.3 is 5.32 Å². The second-order valence-corrected chi connectivity index (χ2v) is 4.85. The highest BCUT2D eigenvalue weighted by atomic mass is 79.9. The average Bonchev–Trinajstić information content (AvgIpc) is 2.41. The summed E-state index contributed by atoms with van der Waals surface area (Å²) in [7, 11) is 0. The summed E-state index contributed by atoms with van der Waals surface area (Å²) < 4.78 is 26.2. The number of carbonyl (C=O) groups is 1. The molecule has 8 heteroatoms.